The van der Waals surface area contributed by atoms with E-state index in [1.807, 2.05) is 23.5 Å². The largest absolute Gasteiger partial charge is 0.376 e. The zero-order valence-electron chi connectivity index (χ0n) is 16.5. The van der Waals surface area contributed by atoms with Crippen LogP contribution in [0.15, 0.2) is 24.3 Å². The van der Waals surface area contributed by atoms with Crippen molar-refractivity contribution >= 4 is 29.3 Å². The fourth-order valence-electron chi connectivity index (χ4n) is 5.72. The van der Waals surface area contributed by atoms with Gasteiger partial charge in [-0.25, -0.2) is 0 Å². The Labute approximate surface area is 173 Å². The summed E-state index contributed by atoms with van der Waals surface area (Å²) in [6, 6.07) is 6.89. The van der Waals surface area contributed by atoms with Crippen LogP contribution in [-0.2, 0) is 29.5 Å². The Bertz CT molecular complexity index is 943. The molecule has 5 atom stereocenters. The molecule has 4 amide bonds. The van der Waals surface area contributed by atoms with Crippen molar-refractivity contribution in [2.45, 2.75) is 43.4 Å². The lowest BCUT2D eigenvalue weighted by Crippen LogP contribution is -2.99. The minimum atomic E-state index is -1.21. The average molecular weight is 413 g/mol. The molecule has 0 bridgehead atoms. The highest BCUT2D eigenvalue weighted by Gasteiger charge is 2.74. The van der Waals surface area contributed by atoms with Gasteiger partial charge in [0.1, 0.15) is 17.9 Å². The third kappa shape index (κ3) is 2.61. The summed E-state index contributed by atoms with van der Waals surface area (Å²) in [4.78, 5) is 52.9. The molecule has 3 fully saturated rings. The standard InChI is InChI=1S/C21H24N4O5/c22-15(26)8-7-14-16-17(19(28)25(18(16)27)10-11-4-3-9-30-11)21(24-14)12-5-1-2-6-13(12)23-20(21)29/h1-2,5-6,11,14,16-17,24H,3-4,7-10H2,(H2,22,26)(H,23,29)/p+1/t11-,14-,16-,17+,21+/m0/s1. The third-order valence-electron chi connectivity index (χ3n) is 7.00. The zero-order chi connectivity index (χ0) is 21.0. The van der Waals surface area contributed by atoms with E-state index in [1.54, 1.807) is 6.07 Å². The molecule has 0 saturated carbocycles. The number of nitrogens with one attached hydrogen (secondary N) is 1. The molecular formula is C21H25N4O5+. The number of likely N-dealkylation sites (tertiary alicyclic amines) is 1. The van der Waals surface area contributed by atoms with Gasteiger partial charge in [0.25, 0.3) is 5.91 Å². The molecule has 158 valence electrons. The van der Waals surface area contributed by atoms with Gasteiger partial charge < -0.3 is 21.1 Å². The summed E-state index contributed by atoms with van der Waals surface area (Å²) < 4.78 is 5.64. The Kier molecular flexibility index (Phi) is 4.41. The quantitative estimate of drug-likeness (QED) is 0.523. The molecule has 9 nitrogen and oxygen atoms in total. The first-order valence-corrected chi connectivity index (χ1v) is 10.5. The molecule has 4 aliphatic heterocycles. The zero-order valence-corrected chi connectivity index (χ0v) is 16.5. The van der Waals surface area contributed by atoms with Crippen LogP contribution in [0.25, 0.3) is 0 Å². The van der Waals surface area contributed by atoms with Crippen molar-refractivity contribution in [3.05, 3.63) is 29.8 Å². The Morgan fingerprint density at radius 3 is 2.80 bits per heavy atom. The second-order valence-electron chi connectivity index (χ2n) is 8.63. The number of hydrogen-bond donors (Lipinski definition) is 3. The van der Waals surface area contributed by atoms with Crippen LogP contribution in [-0.4, -0.2) is 53.8 Å². The van der Waals surface area contributed by atoms with Gasteiger partial charge in [-0.1, -0.05) is 18.2 Å². The van der Waals surface area contributed by atoms with Crippen LogP contribution in [0, 0.1) is 11.8 Å². The summed E-state index contributed by atoms with van der Waals surface area (Å²) in [7, 11) is 0. The smallest absolute Gasteiger partial charge is 0.291 e. The van der Waals surface area contributed by atoms with Crippen molar-refractivity contribution in [2.24, 2.45) is 17.6 Å². The van der Waals surface area contributed by atoms with Crippen LogP contribution in [0.3, 0.4) is 0 Å². The van der Waals surface area contributed by atoms with E-state index in [0.717, 1.165) is 12.8 Å². The number of amides is 4. The highest BCUT2D eigenvalue weighted by molar-refractivity contribution is 6.13. The molecule has 1 aromatic rings. The fraction of sp³-hybridized carbons (Fsp3) is 0.524. The molecule has 0 unspecified atom stereocenters. The number of para-hydroxylation sites is 1. The average Bonchev–Trinajstić information content (AvgIpc) is 3.46. The van der Waals surface area contributed by atoms with Crippen molar-refractivity contribution in [3.8, 4) is 0 Å². The third-order valence-corrected chi connectivity index (χ3v) is 7.00. The van der Waals surface area contributed by atoms with Crippen molar-refractivity contribution in [3.63, 3.8) is 0 Å². The second-order valence-corrected chi connectivity index (χ2v) is 8.63. The van der Waals surface area contributed by atoms with E-state index in [4.69, 9.17) is 10.5 Å². The number of anilines is 1. The predicted octanol–water partition coefficient (Wildman–Crippen LogP) is -1.17. The number of benzene rings is 1. The molecule has 1 aromatic carbocycles. The van der Waals surface area contributed by atoms with Crippen molar-refractivity contribution < 1.29 is 29.2 Å². The van der Waals surface area contributed by atoms with Gasteiger partial charge >= 0.3 is 0 Å². The summed E-state index contributed by atoms with van der Waals surface area (Å²) >= 11 is 0. The number of ether oxygens (including phenoxy) is 1. The van der Waals surface area contributed by atoms with Crippen LogP contribution < -0.4 is 16.4 Å². The van der Waals surface area contributed by atoms with E-state index in [0.29, 0.717) is 24.3 Å². The van der Waals surface area contributed by atoms with Crippen LogP contribution in [0.1, 0.15) is 31.2 Å². The molecule has 0 aromatic heterocycles. The second kappa shape index (κ2) is 6.88. The number of nitrogens with zero attached hydrogens (tertiary/aromatic N) is 1. The van der Waals surface area contributed by atoms with Crippen LogP contribution >= 0.6 is 0 Å². The number of imide groups is 1. The maximum Gasteiger partial charge on any atom is 0.291 e. The first-order valence-electron chi connectivity index (χ1n) is 10.5. The maximum atomic E-state index is 13.5. The number of quaternary nitrogens is 1. The molecule has 30 heavy (non-hydrogen) atoms. The van der Waals surface area contributed by atoms with Gasteiger partial charge in [-0.2, -0.15) is 0 Å². The van der Waals surface area contributed by atoms with Gasteiger partial charge in [0.15, 0.2) is 0 Å². The van der Waals surface area contributed by atoms with Crippen LogP contribution in [0.5, 0.6) is 0 Å². The van der Waals surface area contributed by atoms with Gasteiger partial charge in [-0.05, 0) is 18.9 Å². The molecule has 5 N–H and O–H groups in total. The molecule has 1 spiro atoms. The number of nitrogens with two attached hydrogens (primary N) is 2. The van der Waals surface area contributed by atoms with Gasteiger partial charge in [-0.3, -0.25) is 24.1 Å². The van der Waals surface area contributed by atoms with Gasteiger partial charge in [0.05, 0.1) is 18.3 Å². The topological polar surface area (TPSA) is 135 Å². The van der Waals surface area contributed by atoms with Crippen molar-refractivity contribution in [1.29, 1.82) is 0 Å². The number of carbonyl (C=O) groups excluding carboxylic acids is 4. The Morgan fingerprint density at radius 1 is 1.27 bits per heavy atom. The molecule has 9 heteroatoms. The highest BCUT2D eigenvalue weighted by atomic mass is 16.5. The maximum absolute atomic E-state index is 13.5. The molecular weight excluding hydrogens is 388 g/mol. The number of fused-ring (bicyclic) bond motifs is 4. The number of rotatable bonds is 5. The van der Waals surface area contributed by atoms with E-state index in [-0.39, 0.29) is 42.8 Å². The molecule has 3 saturated heterocycles. The molecule has 4 aliphatic rings. The molecule has 0 radical (unpaired) electrons. The Hall–Kier alpha value is -2.78. The Morgan fingerprint density at radius 2 is 2.07 bits per heavy atom. The minimum Gasteiger partial charge on any atom is -0.376 e. The predicted molar refractivity (Wildman–Crippen MR) is 104 cm³/mol. The van der Waals surface area contributed by atoms with Gasteiger partial charge in [-0.15, -0.1) is 0 Å². The number of hydrogen-bond acceptors (Lipinski definition) is 5. The monoisotopic (exact) mass is 413 g/mol. The first kappa shape index (κ1) is 19.2. The van der Waals surface area contributed by atoms with Gasteiger partial charge in [0.2, 0.25) is 23.3 Å². The summed E-state index contributed by atoms with van der Waals surface area (Å²) in [6.45, 7) is 0.842. The normalized spacial score (nSPS) is 34.5. The summed E-state index contributed by atoms with van der Waals surface area (Å²) in [6.07, 6.45) is 1.98. The lowest BCUT2D eigenvalue weighted by Gasteiger charge is -2.27. The molecule has 5 rings (SSSR count). The first-order chi connectivity index (χ1) is 14.4. The number of primary amides is 1. The van der Waals surface area contributed by atoms with E-state index in [1.165, 1.54) is 4.90 Å². The lowest BCUT2D eigenvalue weighted by atomic mass is 9.76. The fourth-order valence-corrected chi connectivity index (χ4v) is 5.72. The Balaban J connectivity index is 1.55. The van der Waals surface area contributed by atoms with E-state index < -0.39 is 23.3 Å². The van der Waals surface area contributed by atoms with Crippen LogP contribution in [0.2, 0.25) is 0 Å². The van der Waals surface area contributed by atoms with Crippen molar-refractivity contribution in [2.75, 3.05) is 18.5 Å². The van der Waals surface area contributed by atoms with E-state index in [9.17, 15) is 19.2 Å². The summed E-state index contributed by atoms with van der Waals surface area (Å²) in [5.41, 5.74) is 5.51. The number of carbonyl (C=O) groups is 4. The minimum absolute atomic E-state index is 0.0942. The van der Waals surface area contributed by atoms with Crippen LogP contribution in [0.4, 0.5) is 5.69 Å². The molecule has 0 aliphatic carbocycles. The highest BCUT2D eigenvalue weighted by Crippen LogP contribution is 2.49. The summed E-state index contributed by atoms with van der Waals surface area (Å²) in [5, 5.41) is 4.71. The van der Waals surface area contributed by atoms with E-state index in [2.05, 4.69) is 5.32 Å². The SMILES string of the molecule is NC(=O)CC[C@@H]1[NH2+][C@@]2(C(=O)Nc3ccccc32)[C@H]2C(=O)N(C[C@@H]3CCCO3)C(=O)[C@@H]12. The van der Waals surface area contributed by atoms with E-state index >= 15 is 0 Å². The summed E-state index contributed by atoms with van der Waals surface area (Å²) in [5.74, 6) is -2.85. The lowest BCUT2D eigenvalue weighted by molar-refractivity contribution is -0.734. The van der Waals surface area contributed by atoms with Crippen molar-refractivity contribution in [1.82, 2.24) is 4.90 Å². The van der Waals surface area contributed by atoms with Gasteiger partial charge in [0, 0.05) is 25.0 Å². The molecule has 4 heterocycles.